The van der Waals surface area contributed by atoms with Crippen molar-refractivity contribution in [2.45, 2.75) is 11.9 Å². The van der Waals surface area contributed by atoms with Crippen molar-refractivity contribution in [1.82, 2.24) is 14.6 Å². The van der Waals surface area contributed by atoms with E-state index < -0.39 is 0 Å². The van der Waals surface area contributed by atoms with Gasteiger partial charge in [0.05, 0.1) is 6.20 Å². The summed E-state index contributed by atoms with van der Waals surface area (Å²) in [4.78, 5) is 4.41. The summed E-state index contributed by atoms with van der Waals surface area (Å²) in [6.45, 7) is 2.10. The summed E-state index contributed by atoms with van der Waals surface area (Å²) in [6, 6.07) is 12.0. The smallest absolute Gasteiger partial charge is 0.165 e. The van der Waals surface area contributed by atoms with Crippen LogP contribution in [0, 0.1) is 0 Å². The average molecular weight is 290 g/mol. The molecule has 0 amide bonds. The third-order valence-corrected chi connectivity index (χ3v) is 3.85. The second-order valence-electron chi connectivity index (χ2n) is 4.01. The highest BCUT2D eigenvalue weighted by molar-refractivity contribution is 7.99. The standard InChI is InChI=1S/C14H12ClN3S/c1-2-19-13-8-12(15)17-14-11(9-16-18(13)14)10-6-4-3-5-7-10/h3-9H,2H2,1H3. The Balaban J connectivity index is 2.23. The molecule has 0 fully saturated rings. The van der Waals surface area contributed by atoms with E-state index in [4.69, 9.17) is 11.6 Å². The SMILES string of the molecule is CCSc1cc(Cl)nc2c(-c3ccccc3)cnn12. The van der Waals surface area contributed by atoms with E-state index in [0.29, 0.717) is 5.15 Å². The van der Waals surface area contributed by atoms with Crippen molar-refractivity contribution in [3.63, 3.8) is 0 Å². The Labute approximate surface area is 120 Å². The van der Waals surface area contributed by atoms with Crippen molar-refractivity contribution < 1.29 is 0 Å². The van der Waals surface area contributed by atoms with Crippen molar-refractivity contribution >= 4 is 29.0 Å². The fourth-order valence-electron chi connectivity index (χ4n) is 1.98. The Hall–Kier alpha value is -1.52. The van der Waals surface area contributed by atoms with Crippen LogP contribution in [0.15, 0.2) is 47.6 Å². The van der Waals surface area contributed by atoms with Gasteiger partial charge in [-0.05, 0) is 11.3 Å². The molecule has 0 bridgehead atoms. The molecule has 0 aliphatic rings. The van der Waals surface area contributed by atoms with Gasteiger partial charge in [-0.25, -0.2) is 9.50 Å². The maximum Gasteiger partial charge on any atom is 0.165 e. The van der Waals surface area contributed by atoms with Gasteiger partial charge in [0.1, 0.15) is 10.2 Å². The van der Waals surface area contributed by atoms with Crippen LogP contribution in [0.4, 0.5) is 0 Å². The highest BCUT2D eigenvalue weighted by Gasteiger charge is 2.12. The van der Waals surface area contributed by atoms with Gasteiger partial charge in [0, 0.05) is 11.6 Å². The van der Waals surface area contributed by atoms with Crippen LogP contribution in [0.2, 0.25) is 5.15 Å². The Morgan fingerprint density at radius 3 is 2.79 bits per heavy atom. The molecule has 2 heterocycles. The molecule has 0 aliphatic heterocycles. The van der Waals surface area contributed by atoms with Gasteiger partial charge in [-0.3, -0.25) is 0 Å². The Bertz CT molecular complexity index is 709. The van der Waals surface area contributed by atoms with Crippen LogP contribution < -0.4 is 0 Å². The van der Waals surface area contributed by atoms with Crippen LogP contribution in [0.3, 0.4) is 0 Å². The van der Waals surface area contributed by atoms with E-state index in [1.165, 1.54) is 0 Å². The lowest BCUT2D eigenvalue weighted by Crippen LogP contribution is -1.95. The van der Waals surface area contributed by atoms with Crippen molar-refractivity contribution in [1.29, 1.82) is 0 Å². The van der Waals surface area contributed by atoms with E-state index in [0.717, 1.165) is 27.6 Å². The van der Waals surface area contributed by atoms with Crippen LogP contribution >= 0.6 is 23.4 Å². The second-order valence-corrected chi connectivity index (χ2v) is 5.68. The molecule has 19 heavy (non-hydrogen) atoms. The van der Waals surface area contributed by atoms with Gasteiger partial charge in [-0.15, -0.1) is 11.8 Å². The zero-order valence-corrected chi connectivity index (χ0v) is 11.9. The lowest BCUT2D eigenvalue weighted by atomic mass is 10.1. The molecule has 0 saturated carbocycles. The Kier molecular flexibility index (Phi) is 3.44. The minimum atomic E-state index is 0.501. The number of hydrogen-bond donors (Lipinski definition) is 0. The van der Waals surface area contributed by atoms with Crippen molar-refractivity contribution in [2.75, 3.05) is 5.75 Å². The van der Waals surface area contributed by atoms with Crippen molar-refractivity contribution in [3.8, 4) is 11.1 Å². The summed E-state index contributed by atoms with van der Waals surface area (Å²) in [5.74, 6) is 0.968. The zero-order chi connectivity index (χ0) is 13.2. The lowest BCUT2D eigenvalue weighted by Gasteiger charge is -2.04. The quantitative estimate of drug-likeness (QED) is 0.536. The van der Waals surface area contributed by atoms with Gasteiger partial charge < -0.3 is 0 Å². The molecule has 5 heteroatoms. The van der Waals surface area contributed by atoms with Crippen molar-refractivity contribution in [2.24, 2.45) is 0 Å². The van der Waals surface area contributed by atoms with Gasteiger partial charge in [0.2, 0.25) is 0 Å². The predicted molar refractivity (Wildman–Crippen MR) is 79.8 cm³/mol. The van der Waals surface area contributed by atoms with E-state index in [-0.39, 0.29) is 0 Å². The number of halogens is 1. The molecule has 0 aliphatic carbocycles. The van der Waals surface area contributed by atoms with Gasteiger partial charge in [0.25, 0.3) is 0 Å². The van der Waals surface area contributed by atoms with E-state index >= 15 is 0 Å². The number of aromatic nitrogens is 3. The third-order valence-electron chi connectivity index (χ3n) is 2.78. The monoisotopic (exact) mass is 289 g/mol. The summed E-state index contributed by atoms with van der Waals surface area (Å²) in [6.07, 6.45) is 1.84. The summed E-state index contributed by atoms with van der Waals surface area (Å²) >= 11 is 7.81. The molecular weight excluding hydrogens is 278 g/mol. The van der Waals surface area contributed by atoms with Gasteiger partial charge in [-0.1, -0.05) is 48.9 Å². The van der Waals surface area contributed by atoms with Crippen LogP contribution in [0.5, 0.6) is 0 Å². The molecule has 3 aromatic rings. The summed E-state index contributed by atoms with van der Waals surface area (Å²) in [5, 5.41) is 5.94. The number of benzene rings is 1. The molecular formula is C14H12ClN3S. The number of hydrogen-bond acceptors (Lipinski definition) is 3. The molecule has 96 valence electrons. The molecule has 0 spiro atoms. The molecule has 0 N–H and O–H groups in total. The lowest BCUT2D eigenvalue weighted by molar-refractivity contribution is 0.843. The van der Waals surface area contributed by atoms with E-state index in [2.05, 4.69) is 17.0 Å². The fourth-order valence-corrected chi connectivity index (χ4v) is 2.97. The second kappa shape index (κ2) is 5.23. The number of rotatable bonds is 3. The first kappa shape index (κ1) is 12.5. The first-order valence-corrected chi connectivity index (χ1v) is 7.38. The van der Waals surface area contributed by atoms with E-state index in [1.807, 2.05) is 47.1 Å². The first-order valence-electron chi connectivity index (χ1n) is 6.02. The molecule has 0 atom stereocenters. The van der Waals surface area contributed by atoms with E-state index in [1.54, 1.807) is 11.8 Å². The largest absolute Gasteiger partial charge is 0.216 e. The molecule has 0 radical (unpaired) electrons. The Morgan fingerprint density at radius 2 is 2.05 bits per heavy atom. The molecule has 0 unspecified atom stereocenters. The summed E-state index contributed by atoms with van der Waals surface area (Å²) < 4.78 is 1.85. The molecule has 2 aromatic heterocycles. The van der Waals surface area contributed by atoms with Gasteiger partial charge in [0.15, 0.2) is 5.65 Å². The molecule has 3 nitrogen and oxygen atoms in total. The number of thioether (sulfide) groups is 1. The molecule has 0 saturated heterocycles. The predicted octanol–water partition coefficient (Wildman–Crippen LogP) is 4.16. The maximum absolute atomic E-state index is 6.11. The summed E-state index contributed by atoms with van der Waals surface area (Å²) in [5.41, 5.74) is 2.90. The topological polar surface area (TPSA) is 30.2 Å². The van der Waals surface area contributed by atoms with E-state index in [9.17, 15) is 0 Å². The normalized spacial score (nSPS) is 11.1. The first-order chi connectivity index (χ1) is 9.29. The highest BCUT2D eigenvalue weighted by Crippen LogP contribution is 2.28. The van der Waals surface area contributed by atoms with Crippen molar-refractivity contribution in [3.05, 3.63) is 47.7 Å². The highest BCUT2D eigenvalue weighted by atomic mass is 35.5. The molecule has 3 rings (SSSR count). The fraction of sp³-hybridized carbons (Fsp3) is 0.143. The minimum Gasteiger partial charge on any atom is -0.216 e. The van der Waals surface area contributed by atoms with Crippen LogP contribution in [-0.4, -0.2) is 20.4 Å². The van der Waals surface area contributed by atoms with Crippen LogP contribution in [0.25, 0.3) is 16.8 Å². The van der Waals surface area contributed by atoms with Crippen LogP contribution in [-0.2, 0) is 0 Å². The van der Waals surface area contributed by atoms with Gasteiger partial charge >= 0.3 is 0 Å². The number of nitrogens with zero attached hydrogens (tertiary/aromatic N) is 3. The van der Waals surface area contributed by atoms with Gasteiger partial charge in [-0.2, -0.15) is 5.10 Å². The molecule has 1 aromatic carbocycles. The zero-order valence-electron chi connectivity index (χ0n) is 10.4. The third kappa shape index (κ3) is 2.33. The van der Waals surface area contributed by atoms with Crippen LogP contribution in [0.1, 0.15) is 6.92 Å². The Morgan fingerprint density at radius 1 is 1.26 bits per heavy atom. The summed E-state index contributed by atoms with van der Waals surface area (Å²) in [7, 11) is 0. The minimum absolute atomic E-state index is 0.501. The number of fused-ring (bicyclic) bond motifs is 1. The average Bonchev–Trinajstić information content (AvgIpc) is 2.84. The maximum atomic E-state index is 6.11.